The predicted octanol–water partition coefficient (Wildman–Crippen LogP) is 4.58. The van der Waals surface area contributed by atoms with Crippen LogP contribution >= 0.6 is 15.9 Å². The van der Waals surface area contributed by atoms with Gasteiger partial charge in [-0.05, 0) is 70.6 Å². The zero-order valence-electron chi connectivity index (χ0n) is 17.1. The van der Waals surface area contributed by atoms with Crippen LogP contribution in [0.25, 0.3) is 0 Å². The van der Waals surface area contributed by atoms with E-state index in [1.54, 1.807) is 18.2 Å². The third-order valence-corrected chi connectivity index (χ3v) is 6.37. The molecule has 2 saturated heterocycles. The number of fused-ring (bicyclic) bond motifs is 1. The van der Waals surface area contributed by atoms with Crippen LogP contribution in [0.3, 0.4) is 0 Å². The van der Waals surface area contributed by atoms with Crippen molar-refractivity contribution in [3.63, 3.8) is 0 Å². The van der Waals surface area contributed by atoms with Crippen molar-refractivity contribution >= 4 is 15.9 Å². The van der Waals surface area contributed by atoms with E-state index < -0.39 is 11.7 Å². The Morgan fingerprint density at radius 3 is 2.24 bits per heavy atom. The Morgan fingerprint density at radius 2 is 1.72 bits per heavy atom. The number of rotatable bonds is 2. The van der Waals surface area contributed by atoms with Gasteiger partial charge in [-0.3, -0.25) is 0 Å². The second-order valence-electron chi connectivity index (χ2n) is 8.14. The largest absolute Gasteiger partial charge is 0.485 e. The van der Waals surface area contributed by atoms with Gasteiger partial charge < -0.3 is 24.1 Å². The van der Waals surface area contributed by atoms with E-state index in [-0.39, 0.29) is 17.4 Å². The first-order valence-corrected chi connectivity index (χ1v) is 11.3. The summed E-state index contributed by atoms with van der Waals surface area (Å²) in [6.07, 6.45) is 6.19. The Hall–Kier alpha value is -1.17. The van der Waals surface area contributed by atoms with Crippen LogP contribution in [0.4, 0.5) is 0 Å². The maximum atomic E-state index is 10.1. The molecule has 29 heavy (non-hydrogen) atoms. The molecule has 6 nitrogen and oxygen atoms in total. The Labute approximate surface area is 181 Å². The summed E-state index contributed by atoms with van der Waals surface area (Å²) in [5.41, 5.74) is 0.763. The summed E-state index contributed by atoms with van der Waals surface area (Å²) in [5, 5.41) is 18.9. The number of halogens is 1. The maximum Gasteiger partial charge on any atom is 0.160 e. The van der Waals surface area contributed by atoms with Gasteiger partial charge in [0.05, 0.1) is 16.5 Å². The fraction of sp³-hybridized carbons (Fsp3) is 0.682. The molecular weight excluding hydrogens is 438 g/mol. The Kier molecular flexibility index (Phi) is 7.94. The molecule has 0 amide bonds. The molecule has 3 aliphatic heterocycles. The molecule has 160 valence electrons. The molecule has 7 heteroatoms. The lowest BCUT2D eigenvalue weighted by Crippen LogP contribution is -2.47. The number of hydrogen-bond donors (Lipinski definition) is 1. The monoisotopic (exact) mass is 467 g/mol. The van der Waals surface area contributed by atoms with Crippen molar-refractivity contribution in [3.8, 4) is 11.8 Å². The van der Waals surface area contributed by atoms with Crippen molar-refractivity contribution in [2.24, 2.45) is 0 Å². The molecule has 3 aliphatic rings. The van der Waals surface area contributed by atoms with Crippen molar-refractivity contribution in [3.05, 3.63) is 29.3 Å². The third-order valence-electron chi connectivity index (χ3n) is 5.38. The number of benzene rings is 1. The summed E-state index contributed by atoms with van der Waals surface area (Å²) in [7, 11) is 0. The Balaban J connectivity index is 0.000000169. The summed E-state index contributed by atoms with van der Waals surface area (Å²) in [6.45, 7) is 5.37. The second-order valence-corrected chi connectivity index (χ2v) is 9.13. The first-order chi connectivity index (χ1) is 13.9. The molecule has 2 fully saturated rings. The van der Waals surface area contributed by atoms with Gasteiger partial charge in [0.15, 0.2) is 12.6 Å². The van der Waals surface area contributed by atoms with Gasteiger partial charge in [0, 0.05) is 18.8 Å². The zero-order valence-corrected chi connectivity index (χ0v) is 18.7. The van der Waals surface area contributed by atoms with Gasteiger partial charge >= 0.3 is 0 Å². The Bertz CT molecular complexity index is 692. The van der Waals surface area contributed by atoms with Crippen LogP contribution in [-0.4, -0.2) is 42.6 Å². The van der Waals surface area contributed by atoms with Crippen LogP contribution in [0.5, 0.6) is 5.75 Å². The van der Waals surface area contributed by atoms with Gasteiger partial charge in [0.1, 0.15) is 17.5 Å². The minimum atomic E-state index is -0.644. The SMILES string of the molecule is C1CCC(OC2CCCCO2)OC1.CC1(C)Oc2ccc(C#N)cc2[C@@H](Br)[C@@H]1O. The van der Waals surface area contributed by atoms with Crippen molar-refractivity contribution in [1.29, 1.82) is 5.26 Å². The summed E-state index contributed by atoms with van der Waals surface area (Å²) in [5.74, 6) is 0.719. The Morgan fingerprint density at radius 1 is 1.10 bits per heavy atom. The van der Waals surface area contributed by atoms with Gasteiger partial charge in [0.2, 0.25) is 0 Å². The number of alkyl halides is 1. The zero-order chi connectivity index (χ0) is 20.9. The lowest BCUT2D eigenvalue weighted by atomic mass is 9.90. The number of nitrogens with zero attached hydrogens (tertiary/aromatic N) is 1. The summed E-state index contributed by atoms with van der Waals surface area (Å²) in [4.78, 5) is -0.209. The highest BCUT2D eigenvalue weighted by atomic mass is 79.9. The summed E-state index contributed by atoms with van der Waals surface area (Å²) >= 11 is 3.45. The van der Waals surface area contributed by atoms with E-state index in [4.69, 9.17) is 24.2 Å². The number of aliphatic hydroxyl groups is 1. The van der Waals surface area contributed by atoms with E-state index in [1.807, 2.05) is 13.8 Å². The van der Waals surface area contributed by atoms with E-state index in [1.165, 1.54) is 25.7 Å². The van der Waals surface area contributed by atoms with Crippen LogP contribution < -0.4 is 4.74 Å². The number of aliphatic hydroxyl groups excluding tert-OH is 1. The van der Waals surface area contributed by atoms with E-state index in [9.17, 15) is 5.11 Å². The van der Waals surface area contributed by atoms with Gasteiger partial charge in [-0.1, -0.05) is 15.9 Å². The average Bonchev–Trinajstić information content (AvgIpc) is 2.74. The van der Waals surface area contributed by atoms with E-state index >= 15 is 0 Å². The van der Waals surface area contributed by atoms with E-state index in [0.29, 0.717) is 5.56 Å². The normalized spacial score (nSPS) is 30.7. The van der Waals surface area contributed by atoms with Gasteiger partial charge in [-0.25, -0.2) is 0 Å². The van der Waals surface area contributed by atoms with E-state index in [2.05, 4.69) is 22.0 Å². The van der Waals surface area contributed by atoms with Crippen LogP contribution in [0, 0.1) is 11.3 Å². The van der Waals surface area contributed by atoms with Crippen molar-refractivity contribution in [1.82, 2.24) is 0 Å². The molecule has 0 radical (unpaired) electrons. The molecule has 1 aromatic carbocycles. The predicted molar refractivity (Wildman–Crippen MR) is 112 cm³/mol. The standard InChI is InChI=1S/C12H12BrNO2.C10H18O3/c1-12(2)11(15)10(13)8-5-7(6-14)3-4-9(8)16-12;1-3-7-11-9(5-1)13-10-6-2-4-8-12-10/h3-5,10-11,15H,1-2H3;9-10H,1-8H2/t10-,11+;/m1./s1. The number of hydrogen-bond acceptors (Lipinski definition) is 6. The summed E-state index contributed by atoms with van der Waals surface area (Å²) in [6, 6.07) is 7.31. The lowest BCUT2D eigenvalue weighted by molar-refractivity contribution is -0.264. The minimum absolute atomic E-state index is 0.00292. The fourth-order valence-corrected chi connectivity index (χ4v) is 4.59. The third kappa shape index (κ3) is 5.93. The van der Waals surface area contributed by atoms with Gasteiger partial charge in [0.25, 0.3) is 0 Å². The lowest BCUT2D eigenvalue weighted by Gasteiger charge is -2.40. The molecule has 0 bridgehead atoms. The van der Waals surface area contributed by atoms with Crippen molar-refractivity contribution < 1.29 is 24.1 Å². The van der Waals surface area contributed by atoms with Crippen LogP contribution in [0.2, 0.25) is 0 Å². The van der Waals surface area contributed by atoms with Crippen molar-refractivity contribution in [2.45, 2.75) is 81.5 Å². The first kappa shape index (κ1) is 22.5. The van der Waals surface area contributed by atoms with Crippen molar-refractivity contribution in [2.75, 3.05) is 13.2 Å². The van der Waals surface area contributed by atoms with E-state index in [0.717, 1.165) is 37.4 Å². The molecular formula is C22H30BrNO5. The molecule has 0 aliphatic carbocycles. The summed E-state index contributed by atoms with van der Waals surface area (Å²) < 4.78 is 22.4. The topological polar surface area (TPSA) is 80.9 Å². The van der Waals surface area contributed by atoms with Gasteiger partial charge in [-0.2, -0.15) is 5.26 Å². The molecule has 0 spiro atoms. The average molecular weight is 468 g/mol. The highest BCUT2D eigenvalue weighted by molar-refractivity contribution is 9.09. The molecule has 4 rings (SSSR count). The van der Waals surface area contributed by atoms with Gasteiger partial charge in [-0.15, -0.1) is 0 Å². The molecule has 2 unspecified atom stereocenters. The number of nitriles is 1. The highest BCUT2D eigenvalue weighted by Gasteiger charge is 2.41. The van der Waals surface area contributed by atoms with Crippen LogP contribution in [0.15, 0.2) is 18.2 Å². The maximum absolute atomic E-state index is 10.1. The van der Waals surface area contributed by atoms with Crippen LogP contribution in [0.1, 0.15) is 68.3 Å². The fourth-order valence-electron chi connectivity index (χ4n) is 3.60. The second kappa shape index (κ2) is 10.2. The molecule has 1 N–H and O–H groups in total. The molecule has 0 aromatic heterocycles. The smallest absolute Gasteiger partial charge is 0.160 e. The molecule has 3 heterocycles. The first-order valence-electron chi connectivity index (χ1n) is 10.3. The minimum Gasteiger partial charge on any atom is -0.485 e. The molecule has 0 saturated carbocycles. The highest BCUT2D eigenvalue weighted by Crippen LogP contribution is 2.44. The molecule has 1 aromatic rings. The molecule has 4 atom stereocenters. The quantitative estimate of drug-likeness (QED) is 0.640. The number of ether oxygens (including phenoxy) is 4. The van der Waals surface area contributed by atoms with Crippen LogP contribution in [-0.2, 0) is 14.2 Å².